The van der Waals surface area contributed by atoms with Crippen LogP contribution in [-0.2, 0) is 0 Å². The van der Waals surface area contributed by atoms with Gasteiger partial charge in [0.1, 0.15) is 23.2 Å². The smallest absolute Gasteiger partial charge is 0.455 e. The van der Waals surface area contributed by atoms with Crippen molar-refractivity contribution in [2.24, 2.45) is 5.73 Å². The van der Waals surface area contributed by atoms with Gasteiger partial charge in [0.2, 0.25) is 0 Å². The molecular weight excluding hydrogens is 371 g/mol. The topological polar surface area (TPSA) is 177 Å². The number of aromatic carboxylic acids is 1. The van der Waals surface area contributed by atoms with Gasteiger partial charge < -0.3 is 40.9 Å². The predicted octanol–water partition coefficient (Wildman–Crippen LogP) is -1.83. The van der Waals surface area contributed by atoms with Crippen LogP contribution in [0.25, 0.3) is 0 Å². The highest BCUT2D eigenvalue weighted by atomic mass is 16.5. The quantitative estimate of drug-likeness (QED) is 0.235. The first-order valence-corrected chi connectivity index (χ1v) is 9.04. The fourth-order valence-electron chi connectivity index (χ4n) is 3.60. The number of hydrogen-bond acceptors (Lipinski definition) is 9. The molecule has 28 heavy (non-hydrogen) atoms. The van der Waals surface area contributed by atoms with Gasteiger partial charge in [-0.1, -0.05) is 6.07 Å². The number of likely N-dealkylation sites (tertiary alicyclic amines) is 1. The van der Waals surface area contributed by atoms with Gasteiger partial charge in [0, 0.05) is 25.5 Å². The van der Waals surface area contributed by atoms with Crippen LogP contribution >= 0.6 is 0 Å². The van der Waals surface area contributed by atoms with Crippen LogP contribution in [0.3, 0.4) is 0 Å². The summed E-state index contributed by atoms with van der Waals surface area (Å²) in [6, 6.07) is 3.01. The Morgan fingerprint density at radius 1 is 1.29 bits per heavy atom. The molecule has 0 bridgehead atoms. The second kappa shape index (κ2) is 7.86. The molecule has 1 aromatic carbocycles. The van der Waals surface area contributed by atoms with E-state index in [9.17, 15) is 35.3 Å². The van der Waals surface area contributed by atoms with Crippen molar-refractivity contribution in [3.05, 3.63) is 23.3 Å². The number of benzene rings is 1. The number of ether oxygens (including phenoxy) is 1. The summed E-state index contributed by atoms with van der Waals surface area (Å²) in [4.78, 5) is 13.5. The molecule has 1 heterocycles. The maximum atomic E-state index is 11.6. The standard InChI is InChI=1S/C17H25BN2O8/c19-17(7-21,8-22)6-20-4-9(5-20)28-13-2-1-10(11-3-12(11)18(26)27)15(23)14(13)16(24)25/h1-2,9,11-12,21-23,26-27H,3-8,19H2,(H,24,25)/t11?,12-/m1/s1. The molecule has 2 fully saturated rings. The minimum Gasteiger partial charge on any atom is -0.507 e. The summed E-state index contributed by atoms with van der Waals surface area (Å²) >= 11 is 0. The Morgan fingerprint density at radius 2 is 1.93 bits per heavy atom. The maximum absolute atomic E-state index is 11.6. The molecule has 1 saturated carbocycles. The number of aliphatic hydroxyl groups is 2. The Kier molecular flexibility index (Phi) is 5.85. The van der Waals surface area contributed by atoms with E-state index >= 15 is 0 Å². The average molecular weight is 396 g/mol. The summed E-state index contributed by atoms with van der Waals surface area (Å²) in [5, 5.41) is 56.9. The van der Waals surface area contributed by atoms with E-state index in [0.29, 0.717) is 25.1 Å². The molecule has 11 heteroatoms. The number of nitrogens with zero attached hydrogens (tertiary/aromatic N) is 1. The summed E-state index contributed by atoms with van der Waals surface area (Å²) in [7, 11) is -1.51. The molecule has 1 saturated heterocycles. The van der Waals surface area contributed by atoms with Crippen molar-refractivity contribution >= 4 is 13.1 Å². The maximum Gasteiger partial charge on any atom is 0.455 e. The van der Waals surface area contributed by atoms with E-state index in [1.165, 1.54) is 6.07 Å². The van der Waals surface area contributed by atoms with Crippen LogP contribution in [0.15, 0.2) is 12.1 Å². The van der Waals surface area contributed by atoms with E-state index in [2.05, 4.69) is 0 Å². The first-order valence-electron chi connectivity index (χ1n) is 9.04. The molecule has 0 amide bonds. The Morgan fingerprint density at radius 3 is 2.43 bits per heavy atom. The number of hydrogen-bond donors (Lipinski definition) is 7. The summed E-state index contributed by atoms with van der Waals surface area (Å²) in [6.45, 7) is 0.398. The zero-order valence-electron chi connectivity index (χ0n) is 15.2. The Hall–Kier alpha value is -1.89. The van der Waals surface area contributed by atoms with Gasteiger partial charge in [-0.05, 0) is 24.0 Å². The molecule has 0 spiro atoms. The van der Waals surface area contributed by atoms with Gasteiger partial charge in [0.05, 0.1) is 18.8 Å². The summed E-state index contributed by atoms with van der Waals surface area (Å²) in [5.74, 6) is -2.46. The molecule has 2 aliphatic rings. The highest BCUT2D eigenvalue weighted by Crippen LogP contribution is 2.56. The number of phenols is 1. The van der Waals surface area contributed by atoms with Gasteiger partial charge >= 0.3 is 13.1 Å². The summed E-state index contributed by atoms with van der Waals surface area (Å²) in [6.07, 6.45) is 0.136. The Labute approximate surface area is 161 Å². The lowest BCUT2D eigenvalue weighted by molar-refractivity contribution is -0.0121. The van der Waals surface area contributed by atoms with Crippen molar-refractivity contribution in [3.63, 3.8) is 0 Å². The van der Waals surface area contributed by atoms with E-state index in [1.54, 1.807) is 6.07 Å². The van der Waals surface area contributed by atoms with Crippen LogP contribution in [0.2, 0.25) is 5.82 Å². The fourth-order valence-corrected chi connectivity index (χ4v) is 3.60. The van der Waals surface area contributed by atoms with Crippen molar-refractivity contribution in [3.8, 4) is 11.5 Å². The third-order valence-electron chi connectivity index (χ3n) is 5.39. The number of carboxylic acid groups (broad SMARTS) is 1. The number of rotatable bonds is 9. The molecule has 154 valence electrons. The molecule has 8 N–H and O–H groups in total. The second-order valence-corrected chi connectivity index (χ2v) is 7.71. The lowest BCUT2D eigenvalue weighted by atomic mass is 9.81. The molecule has 0 aromatic heterocycles. The van der Waals surface area contributed by atoms with Gasteiger partial charge in [-0.25, -0.2) is 4.79 Å². The van der Waals surface area contributed by atoms with Crippen LogP contribution in [0.4, 0.5) is 0 Å². The second-order valence-electron chi connectivity index (χ2n) is 7.71. The van der Waals surface area contributed by atoms with Gasteiger partial charge in [-0.2, -0.15) is 0 Å². The van der Waals surface area contributed by atoms with Crippen LogP contribution in [-0.4, -0.2) is 93.0 Å². The van der Waals surface area contributed by atoms with Gasteiger partial charge in [-0.3, -0.25) is 4.90 Å². The van der Waals surface area contributed by atoms with E-state index in [1.807, 2.05) is 4.90 Å². The number of carbonyl (C=O) groups is 1. The van der Waals surface area contributed by atoms with Gasteiger partial charge in [-0.15, -0.1) is 0 Å². The molecule has 10 nitrogen and oxygen atoms in total. The fraction of sp³-hybridized carbons (Fsp3) is 0.588. The SMILES string of the molecule is NC(CO)(CO)CN1CC(Oc2ccc(C3C[C@H]3B(O)O)c(O)c2C(=O)O)C1. The molecular formula is C17H25BN2O8. The zero-order chi connectivity index (χ0) is 20.6. The number of carboxylic acids is 1. The molecule has 1 aliphatic carbocycles. The normalized spacial score (nSPS) is 22.6. The Bertz CT molecular complexity index is 736. The number of nitrogens with two attached hydrogens (primary N) is 1. The average Bonchev–Trinajstić information content (AvgIpc) is 3.40. The molecule has 1 aliphatic heterocycles. The summed E-state index contributed by atoms with van der Waals surface area (Å²) in [5.41, 5.74) is 4.73. The molecule has 1 unspecified atom stereocenters. The largest absolute Gasteiger partial charge is 0.507 e. The minimum atomic E-state index is -1.51. The lowest BCUT2D eigenvalue weighted by Gasteiger charge is -2.43. The molecule has 3 rings (SSSR count). The van der Waals surface area contributed by atoms with Crippen LogP contribution in [0.1, 0.15) is 28.3 Å². The van der Waals surface area contributed by atoms with Crippen molar-refractivity contribution in [1.82, 2.24) is 4.90 Å². The first-order chi connectivity index (χ1) is 13.2. The summed E-state index contributed by atoms with van der Waals surface area (Å²) < 4.78 is 5.72. The van der Waals surface area contributed by atoms with Crippen LogP contribution < -0.4 is 10.5 Å². The monoisotopic (exact) mass is 396 g/mol. The van der Waals surface area contributed by atoms with Crippen molar-refractivity contribution in [2.45, 2.75) is 29.8 Å². The lowest BCUT2D eigenvalue weighted by Crippen LogP contribution is -2.63. The third-order valence-corrected chi connectivity index (χ3v) is 5.39. The van der Waals surface area contributed by atoms with Gasteiger partial charge in [0.15, 0.2) is 0 Å². The van der Waals surface area contributed by atoms with Crippen molar-refractivity contribution in [1.29, 1.82) is 0 Å². The molecule has 0 radical (unpaired) electrons. The van der Waals surface area contributed by atoms with Crippen molar-refractivity contribution < 1.29 is 40.0 Å². The molecule has 2 atom stereocenters. The first kappa shape index (κ1) is 20.8. The van der Waals surface area contributed by atoms with E-state index < -0.39 is 30.2 Å². The van der Waals surface area contributed by atoms with E-state index in [4.69, 9.17) is 10.5 Å². The zero-order valence-corrected chi connectivity index (χ0v) is 15.2. The minimum absolute atomic E-state index is 0.0310. The van der Waals surface area contributed by atoms with E-state index in [0.717, 1.165) is 0 Å². The third kappa shape index (κ3) is 4.09. The van der Waals surface area contributed by atoms with Crippen molar-refractivity contribution in [2.75, 3.05) is 32.8 Å². The Balaban J connectivity index is 1.67. The van der Waals surface area contributed by atoms with Crippen LogP contribution in [0, 0.1) is 0 Å². The number of aromatic hydroxyl groups is 1. The van der Waals surface area contributed by atoms with E-state index in [-0.39, 0.29) is 43.1 Å². The van der Waals surface area contributed by atoms with Gasteiger partial charge in [0.25, 0.3) is 0 Å². The highest BCUT2D eigenvalue weighted by Gasteiger charge is 2.48. The van der Waals surface area contributed by atoms with Crippen LogP contribution in [0.5, 0.6) is 11.5 Å². The molecule has 1 aromatic rings. The number of aliphatic hydroxyl groups excluding tert-OH is 2. The highest BCUT2D eigenvalue weighted by molar-refractivity contribution is 6.44. The predicted molar refractivity (Wildman–Crippen MR) is 98.3 cm³/mol.